The summed E-state index contributed by atoms with van der Waals surface area (Å²) in [5.41, 5.74) is 24.4. The second-order valence-electron chi connectivity index (χ2n) is 28.1. The Morgan fingerprint density at radius 2 is 0.734 bits per heavy atom. The van der Waals surface area contributed by atoms with Crippen LogP contribution >= 0.6 is 0 Å². The van der Waals surface area contributed by atoms with Gasteiger partial charge in [-0.05, 0) is 164 Å². The molecule has 7 aromatic carbocycles. The molecule has 0 bridgehead atoms. The molecule has 0 radical (unpaired) electrons. The van der Waals surface area contributed by atoms with Crippen molar-refractivity contribution < 1.29 is 0 Å². The lowest BCUT2D eigenvalue weighted by molar-refractivity contribution is 0.444. The van der Waals surface area contributed by atoms with Gasteiger partial charge in [0, 0.05) is 50.8 Å². The van der Waals surface area contributed by atoms with Crippen molar-refractivity contribution in [3.8, 4) is 33.9 Å². The maximum atomic E-state index is 5.61. The quantitative estimate of drug-likeness (QED) is 0.149. The van der Waals surface area contributed by atoms with Gasteiger partial charge in [-0.2, -0.15) is 0 Å². The molecule has 3 heterocycles. The zero-order chi connectivity index (χ0) is 55.2. The first kappa shape index (κ1) is 53.0. The fourth-order valence-electron chi connectivity index (χ4n) is 13.4. The van der Waals surface area contributed by atoms with E-state index in [1.54, 1.807) is 0 Å². The molecule has 0 N–H and O–H groups in total. The summed E-state index contributed by atoms with van der Waals surface area (Å²) in [6.07, 6.45) is 12.9. The molecule has 1 aromatic heterocycles. The molecule has 0 amide bonds. The number of aromatic nitrogens is 2. The third-order valence-electron chi connectivity index (χ3n) is 18.2. The first-order valence-corrected chi connectivity index (χ1v) is 30.1. The number of rotatable bonds is 7. The number of nitrogens with zero attached hydrogens (tertiary/aromatic N) is 4. The Bertz CT molecular complexity index is 3280. The highest BCUT2D eigenvalue weighted by Crippen LogP contribution is 2.50. The van der Waals surface area contributed by atoms with E-state index in [1.807, 2.05) is 0 Å². The van der Waals surface area contributed by atoms with Crippen LogP contribution in [0.3, 0.4) is 0 Å². The number of benzene rings is 7. The molecule has 4 aliphatic rings. The number of fused-ring (bicyclic) bond motifs is 4. The van der Waals surface area contributed by atoms with E-state index in [0.717, 1.165) is 28.1 Å². The fraction of sp³-hybridized carbons (Fsp3) is 0.378. The Morgan fingerprint density at radius 1 is 0.367 bits per heavy atom. The lowest BCUT2D eigenvalue weighted by Crippen LogP contribution is -2.61. The maximum absolute atomic E-state index is 5.61. The summed E-state index contributed by atoms with van der Waals surface area (Å²) < 4.78 is 0. The van der Waals surface area contributed by atoms with E-state index in [2.05, 4.69) is 245 Å². The average Bonchev–Trinajstić information content (AvgIpc) is 2.41. The Hall–Kier alpha value is -6.72. The van der Waals surface area contributed by atoms with Gasteiger partial charge in [0.2, 0.25) is 0 Å². The molecule has 0 atom stereocenters. The summed E-state index contributed by atoms with van der Waals surface area (Å²) in [6.45, 7) is 28.4. The molecule has 0 saturated heterocycles. The molecular formula is C74H83BN4. The lowest BCUT2D eigenvalue weighted by Gasteiger charge is -2.45. The van der Waals surface area contributed by atoms with Crippen LogP contribution in [0.25, 0.3) is 33.9 Å². The molecule has 0 unspecified atom stereocenters. The van der Waals surface area contributed by atoms with Crippen LogP contribution in [0.2, 0.25) is 0 Å². The first-order chi connectivity index (χ1) is 37.7. The molecule has 79 heavy (non-hydrogen) atoms. The van der Waals surface area contributed by atoms with Gasteiger partial charge in [0.25, 0.3) is 6.71 Å². The van der Waals surface area contributed by atoms with Gasteiger partial charge in [0.05, 0.1) is 11.4 Å². The number of hydrogen-bond donors (Lipinski definition) is 0. The van der Waals surface area contributed by atoms with E-state index >= 15 is 0 Å². The summed E-state index contributed by atoms with van der Waals surface area (Å²) in [7, 11) is 0. The van der Waals surface area contributed by atoms with Crippen molar-refractivity contribution in [2.75, 3.05) is 9.80 Å². The largest absolute Gasteiger partial charge is 0.311 e. The molecular weight excluding hydrogens is 956 g/mol. The van der Waals surface area contributed by atoms with Gasteiger partial charge in [-0.1, -0.05) is 219 Å². The Kier molecular flexibility index (Phi) is 13.5. The highest BCUT2D eigenvalue weighted by molar-refractivity contribution is 7.00. The summed E-state index contributed by atoms with van der Waals surface area (Å²) in [6, 6.07) is 58.8. The van der Waals surface area contributed by atoms with Crippen LogP contribution in [0.4, 0.5) is 34.1 Å². The summed E-state index contributed by atoms with van der Waals surface area (Å²) in [5.74, 6) is 1.83. The standard InChI is InChI=1S/C74H83BN4/c1-71(2,3)55-41-56(72(4,5)6)44-59(43-55)78-65-35-33-52(48-25-17-13-18-26-48)37-61(65)75-62-38-53(49-27-19-14-20-28-49)34-36-66(62)79(60-45-57(73(7,8)9)42-58(46-60)74(10,11)12)68-40-54(39-67(78)69(68)75)70-76-63(50-29-21-15-22-30-50)47-64(77-70)51-31-23-16-24-32-51/h15-16,21-24,29-49H,13-14,17-20,25-28H2,1-12H3. The molecule has 2 fully saturated rings. The van der Waals surface area contributed by atoms with Crippen LogP contribution < -0.4 is 26.2 Å². The summed E-state index contributed by atoms with van der Waals surface area (Å²) in [4.78, 5) is 16.6. The topological polar surface area (TPSA) is 32.3 Å². The van der Waals surface area contributed by atoms with Crippen LogP contribution in [0.5, 0.6) is 0 Å². The number of anilines is 6. The first-order valence-electron chi connectivity index (χ1n) is 30.1. The van der Waals surface area contributed by atoms with Crippen LogP contribution in [-0.2, 0) is 21.7 Å². The summed E-state index contributed by atoms with van der Waals surface area (Å²) in [5, 5.41) is 0. The predicted molar refractivity (Wildman–Crippen MR) is 339 cm³/mol. The SMILES string of the molecule is CC(C)(C)c1cc(N2c3ccc(C4CCCCC4)cc3B3c4cc(C5CCCCC5)ccc4N(c4cc(C(C)(C)C)cc(C(C)(C)C)c4)c4cc(-c5nc(-c6ccccc6)cc(-c6ccccc6)n5)cc2c43)cc(C(C)(C)C)c1. The molecule has 402 valence electrons. The van der Waals surface area contributed by atoms with E-state index in [-0.39, 0.29) is 28.4 Å². The summed E-state index contributed by atoms with van der Waals surface area (Å²) >= 11 is 0. The van der Waals surface area contributed by atoms with E-state index in [9.17, 15) is 0 Å². The third-order valence-corrected chi connectivity index (χ3v) is 18.2. The monoisotopic (exact) mass is 1040 g/mol. The van der Waals surface area contributed by atoms with Crippen molar-refractivity contribution in [3.63, 3.8) is 0 Å². The van der Waals surface area contributed by atoms with Crippen molar-refractivity contribution in [3.05, 3.63) is 185 Å². The van der Waals surface area contributed by atoms with Gasteiger partial charge < -0.3 is 9.80 Å². The molecule has 12 rings (SSSR count). The van der Waals surface area contributed by atoms with E-state index in [0.29, 0.717) is 17.7 Å². The molecule has 5 heteroatoms. The number of hydrogen-bond acceptors (Lipinski definition) is 4. The molecule has 0 spiro atoms. The minimum Gasteiger partial charge on any atom is -0.311 e. The van der Waals surface area contributed by atoms with Gasteiger partial charge >= 0.3 is 0 Å². The molecule has 2 aliphatic heterocycles. The smallest absolute Gasteiger partial charge is 0.252 e. The van der Waals surface area contributed by atoms with E-state index in [1.165, 1.54) is 148 Å². The van der Waals surface area contributed by atoms with Crippen LogP contribution in [0, 0.1) is 0 Å². The van der Waals surface area contributed by atoms with Crippen molar-refractivity contribution in [1.82, 2.24) is 9.97 Å². The van der Waals surface area contributed by atoms with Crippen LogP contribution in [0.15, 0.2) is 152 Å². The van der Waals surface area contributed by atoms with Gasteiger partial charge in [-0.25, -0.2) is 9.97 Å². The second kappa shape index (κ2) is 20.1. The molecule has 8 aromatic rings. The van der Waals surface area contributed by atoms with Gasteiger partial charge in [0.1, 0.15) is 0 Å². The highest BCUT2D eigenvalue weighted by Gasteiger charge is 2.45. The van der Waals surface area contributed by atoms with E-state index in [4.69, 9.17) is 9.97 Å². The average molecular weight is 1040 g/mol. The van der Waals surface area contributed by atoms with Crippen molar-refractivity contribution in [2.24, 2.45) is 0 Å². The third kappa shape index (κ3) is 10.2. The molecule has 2 aliphatic carbocycles. The minimum atomic E-state index is -0.0864. The zero-order valence-corrected chi connectivity index (χ0v) is 49.5. The van der Waals surface area contributed by atoms with Crippen molar-refractivity contribution >= 4 is 57.2 Å². The predicted octanol–water partition coefficient (Wildman–Crippen LogP) is 18.8. The normalized spacial score (nSPS) is 16.2. The highest BCUT2D eigenvalue weighted by atomic mass is 15.2. The molecule has 4 nitrogen and oxygen atoms in total. The minimum absolute atomic E-state index is 0.0131. The fourth-order valence-corrected chi connectivity index (χ4v) is 13.4. The van der Waals surface area contributed by atoms with Gasteiger partial charge in [-0.15, -0.1) is 0 Å². The maximum Gasteiger partial charge on any atom is 0.252 e. The lowest BCUT2D eigenvalue weighted by atomic mass is 9.33. The van der Waals surface area contributed by atoms with Crippen molar-refractivity contribution in [1.29, 1.82) is 0 Å². The molecule has 2 saturated carbocycles. The van der Waals surface area contributed by atoms with Crippen LogP contribution in [0.1, 0.15) is 193 Å². The Labute approximate surface area is 474 Å². The zero-order valence-electron chi connectivity index (χ0n) is 49.5. The van der Waals surface area contributed by atoms with Gasteiger partial charge in [-0.3, -0.25) is 0 Å². The van der Waals surface area contributed by atoms with Gasteiger partial charge in [0.15, 0.2) is 5.82 Å². The second-order valence-corrected chi connectivity index (χ2v) is 28.1. The van der Waals surface area contributed by atoms with Crippen molar-refractivity contribution in [2.45, 2.75) is 181 Å². The van der Waals surface area contributed by atoms with Crippen LogP contribution in [-0.4, -0.2) is 16.7 Å². The van der Waals surface area contributed by atoms with E-state index < -0.39 is 0 Å². The Morgan fingerprint density at radius 3 is 1.09 bits per heavy atom. The Balaban J connectivity index is 1.23.